The molecule has 0 aliphatic carbocycles. The van der Waals surface area contributed by atoms with Gasteiger partial charge < -0.3 is 9.84 Å². The maximum Gasteiger partial charge on any atom is 0.409 e. The summed E-state index contributed by atoms with van der Waals surface area (Å²) in [5, 5.41) is 11.2. The van der Waals surface area contributed by atoms with E-state index in [2.05, 4.69) is 5.32 Å². The predicted molar refractivity (Wildman–Crippen MR) is 132 cm³/mol. The van der Waals surface area contributed by atoms with Gasteiger partial charge in [0, 0.05) is 5.69 Å². The van der Waals surface area contributed by atoms with Crippen LogP contribution in [0.4, 0.5) is 26.2 Å². The van der Waals surface area contributed by atoms with E-state index in [1.54, 1.807) is 30.3 Å². The van der Waals surface area contributed by atoms with Crippen LogP contribution in [0.25, 0.3) is 0 Å². The highest BCUT2D eigenvalue weighted by Crippen LogP contribution is 2.39. The lowest BCUT2D eigenvalue weighted by molar-refractivity contribution is 0.208. The number of hydrogen-bond donors (Lipinski definition) is 2. The molecule has 190 valence electrons. The molecule has 0 spiro atoms. The molecule has 3 aromatic rings. The summed E-state index contributed by atoms with van der Waals surface area (Å²) < 4.78 is 73.8. The normalized spacial score (nSPS) is 15.5. The molecule has 1 atom stereocenters. The number of nitrogens with one attached hydrogen (secondary N) is 1. The first-order chi connectivity index (χ1) is 16.9. The summed E-state index contributed by atoms with van der Waals surface area (Å²) in [7, 11) is -8.02. The monoisotopic (exact) mass is 535 g/mol. The fourth-order valence-electron chi connectivity index (χ4n) is 3.78. The third-order valence-corrected chi connectivity index (χ3v) is 8.31. The highest BCUT2D eigenvalue weighted by Gasteiger charge is 2.37. The van der Waals surface area contributed by atoms with Crippen molar-refractivity contribution < 1.29 is 35.9 Å². The Morgan fingerprint density at radius 3 is 2.36 bits per heavy atom. The maximum absolute atomic E-state index is 13.6. The summed E-state index contributed by atoms with van der Waals surface area (Å²) in [5.41, 5.74) is 0.528. The molecule has 0 saturated carbocycles. The van der Waals surface area contributed by atoms with E-state index in [1.165, 1.54) is 18.2 Å². The van der Waals surface area contributed by atoms with Gasteiger partial charge in [0.1, 0.15) is 17.7 Å². The first-order valence-corrected chi connectivity index (χ1v) is 13.9. The van der Waals surface area contributed by atoms with Crippen LogP contribution in [0, 0.1) is 5.82 Å². The molecular formula is C23H22FN3O7S2. The zero-order valence-electron chi connectivity index (χ0n) is 18.9. The minimum absolute atomic E-state index is 0.0486. The summed E-state index contributed by atoms with van der Waals surface area (Å²) >= 11 is 0. The minimum Gasteiger partial charge on any atom is -0.484 e. The van der Waals surface area contributed by atoms with Crippen LogP contribution in [0.15, 0.2) is 77.7 Å². The van der Waals surface area contributed by atoms with E-state index in [0.717, 1.165) is 39.1 Å². The number of halogens is 1. The lowest BCUT2D eigenvalue weighted by Crippen LogP contribution is -2.49. The second kappa shape index (κ2) is 9.66. The van der Waals surface area contributed by atoms with Gasteiger partial charge in [0.25, 0.3) is 10.0 Å². The van der Waals surface area contributed by atoms with Crippen molar-refractivity contribution in [2.75, 3.05) is 33.3 Å². The number of fused-ring (bicyclic) bond motifs is 1. The smallest absolute Gasteiger partial charge is 0.409 e. The number of anilines is 3. The standard InChI is InChI=1S/C23H22FN3O7S2/c1-35(30,31)26(18-5-3-2-4-6-18)14-19-15-27(36(32,33)20-10-7-16(24)8-11-20)21-13-17(25-23(28)29)9-12-22(21)34-19/h2-13,19,25H,14-15H2,1H3,(H,28,29). The fourth-order valence-corrected chi connectivity index (χ4v) is 6.22. The lowest BCUT2D eigenvalue weighted by Gasteiger charge is -2.37. The van der Waals surface area contributed by atoms with Crippen molar-refractivity contribution in [1.29, 1.82) is 0 Å². The van der Waals surface area contributed by atoms with E-state index in [9.17, 15) is 26.0 Å². The van der Waals surface area contributed by atoms with Crippen LogP contribution in [-0.2, 0) is 20.0 Å². The summed E-state index contributed by atoms with van der Waals surface area (Å²) in [5.74, 6) is -0.511. The Balaban J connectivity index is 1.76. The van der Waals surface area contributed by atoms with Gasteiger partial charge in [0.05, 0.1) is 35.6 Å². The Hall–Kier alpha value is -3.84. The van der Waals surface area contributed by atoms with Gasteiger partial charge >= 0.3 is 6.09 Å². The van der Waals surface area contributed by atoms with Gasteiger partial charge in [0.15, 0.2) is 0 Å². The molecule has 10 nitrogen and oxygen atoms in total. The summed E-state index contributed by atoms with van der Waals surface area (Å²) in [4.78, 5) is 10.9. The number of nitrogens with zero attached hydrogens (tertiary/aromatic N) is 2. The summed E-state index contributed by atoms with van der Waals surface area (Å²) in [6.45, 7) is -0.491. The molecule has 2 N–H and O–H groups in total. The molecule has 13 heteroatoms. The summed E-state index contributed by atoms with van der Waals surface area (Å²) in [6.07, 6.45) is -1.24. The number of para-hydroxylation sites is 1. The molecule has 1 aliphatic rings. The van der Waals surface area contributed by atoms with Crippen molar-refractivity contribution in [1.82, 2.24) is 0 Å². The van der Waals surface area contributed by atoms with Crippen molar-refractivity contribution in [2.24, 2.45) is 0 Å². The Kier molecular flexibility index (Phi) is 6.78. The SMILES string of the molecule is CS(=O)(=O)N(CC1CN(S(=O)(=O)c2ccc(F)cc2)c2cc(NC(=O)O)ccc2O1)c1ccccc1. The molecule has 0 aromatic heterocycles. The van der Waals surface area contributed by atoms with Crippen LogP contribution < -0.4 is 18.7 Å². The second-order valence-electron chi connectivity index (χ2n) is 7.97. The molecule has 36 heavy (non-hydrogen) atoms. The molecule has 3 aromatic carbocycles. The van der Waals surface area contributed by atoms with Gasteiger partial charge in [-0.2, -0.15) is 0 Å². The first-order valence-electron chi connectivity index (χ1n) is 10.6. The Morgan fingerprint density at radius 1 is 1.08 bits per heavy atom. The first kappa shape index (κ1) is 25.3. The van der Waals surface area contributed by atoms with Gasteiger partial charge in [0.2, 0.25) is 10.0 Å². The quantitative estimate of drug-likeness (QED) is 0.474. The van der Waals surface area contributed by atoms with E-state index in [0.29, 0.717) is 5.69 Å². The Bertz CT molecular complexity index is 1480. The molecule has 1 unspecified atom stereocenters. The molecule has 0 saturated heterocycles. The van der Waals surface area contributed by atoms with Crippen molar-refractivity contribution in [2.45, 2.75) is 11.0 Å². The molecule has 0 fully saturated rings. The van der Waals surface area contributed by atoms with Crippen molar-refractivity contribution >= 4 is 43.2 Å². The Morgan fingerprint density at radius 2 is 1.75 bits per heavy atom. The average Bonchev–Trinajstić information content (AvgIpc) is 2.82. The van der Waals surface area contributed by atoms with E-state index < -0.39 is 38.1 Å². The zero-order valence-corrected chi connectivity index (χ0v) is 20.5. The van der Waals surface area contributed by atoms with Crippen LogP contribution in [0.3, 0.4) is 0 Å². The molecule has 1 heterocycles. The number of carboxylic acid groups (broad SMARTS) is 1. The number of sulfonamides is 2. The van der Waals surface area contributed by atoms with Crippen LogP contribution in [-0.4, -0.2) is 53.5 Å². The molecule has 1 amide bonds. The van der Waals surface area contributed by atoms with Gasteiger partial charge in [-0.05, 0) is 54.6 Å². The largest absolute Gasteiger partial charge is 0.484 e. The second-order valence-corrected chi connectivity index (χ2v) is 11.7. The van der Waals surface area contributed by atoms with Crippen molar-refractivity contribution in [3.63, 3.8) is 0 Å². The molecule has 4 rings (SSSR count). The number of amides is 1. The highest BCUT2D eigenvalue weighted by atomic mass is 32.2. The fraction of sp³-hybridized carbons (Fsp3) is 0.174. The van der Waals surface area contributed by atoms with E-state index in [4.69, 9.17) is 9.84 Å². The number of benzene rings is 3. The molecule has 1 aliphatic heterocycles. The van der Waals surface area contributed by atoms with Crippen LogP contribution in [0.5, 0.6) is 5.75 Å². The van der Waals surface area contributed by atoms with E-state index >= 15 is 0 Å². The number of carbonyl (C=O) groups is 1. The molecule has 0 radical (unpaired) electrons. The van der Waals surface area contributed by atoms with Crippen LogP contribution in [0.2, 0.25) is 0 Å². The third-order valence-electron chi connectivity index (χ3n) is 5.36. The lowest BCUT2D eigenvalue weighted by atomic mass is 10.2. The molecule has 0 bridgehead atoms. The van der Waals surface area contributed by atoms with Crippen molar-refractivity contribution in [3.8, 4) is 5.75 Å². The zero-order chi connectivity index (χ0) is 26.1. The van der Waals surface area contributed by atoms with Gasteiger partial charge in [-0.1, -0.05) is 18.2 Å². The maximum atomic E-state index is 13.6. The number of rotatable bonds is 7. The van der Waals surface area contributed by atoms with Crippen LogP contribution >= 0.6 is 0 Å². The predicted octanol–water partition coefficient (Wildman–Crippen LogP) is 3.34. The van der Waals surface area contributed by atoms with Gasteiger partial charge in [-0.25, -0.2) is 26.0 Å². The topological polar surface area (TPSA) is 133 Å². The van der Waals surface area contributed by atoms with E-state index in [1.807, 2.05) is 0 Å². The number of hydrogen-bond acceptors (Lipinski definition) is 6. The summed E-state index contributed by atoms with van der Waals surface area (Å²) in [6, 6.07) is 16.6. The van der Waals surface area contributed by atoms with Crippen LogP contribution in [0.1, 0.15) is 0 Å². The van der Waals surface area contributed by atoms with E-state index in [-0.39, 0.29) is 35.1 Å². The number of ether oxygens (including phenoxy) is 1. The minimum atomic E-state index is -4.26. The van der Waals surface area contributed by atoms with Gasteiger partial charge in [-0.15, -0.1) is 0 Å². The highest BCUT2D eigenvalue weighted by molar-refractivity contribution is 7.93. The third kappa shape index (κ3) is 5.36. The van der Waals surface area contributed by atoms with Crippen molar-refractivity contribution in [3.05, 3.63) is 78.6 Å². The Labute approximate surface area is 207 Å². The molecular weight excluding hydrogens is 513 g/mol. The van der Waals surface area contributed by atoms with Gasteiger partial charge in [-0.3, -0.25) is 13.9 Å². The average molecular weight is 536 g/mol.